The molecular formula is C29H24FN7. The standard InChI is InChI=1S/C29H24FN7/c30-23-6-2-1-5-20(23)22-15-32-16-27-21(22)12-26(33-27)29-28-25(35-36-29)8-7-24(34-28)19-11-18(13-31-14-19)17-37-9-3-4-10-37/h1-2,5-8,11-16,33H,3-4,9-10,17H2,(H,35,36). The van der Waals surface area contributed by atoms with Gasteiger partial charge in [-0.1, -0.05) is 18.2 Å². The maximum atomic E-state index is 14.6. The smallest absolute Gasteiger partial charge is 0.135 e. The molecule has 1 aliphatic rings. The Kier molecular flexibility index (Phi) is 5.25. The number of nitrogens with zero attached hydrogens (tertiary/aromatic N) is 5. The zero-order valence-electron chi connectivity index (χ0n) is 20.1. The second-order valence-electron chi connectivity index (χ2n) is 9.54. The van der Waals surface area contributed by atoms with E-state index in [2.05, 4.69) is 36.1 Å². The first-order chi connectivity index (χ1) is 18.2. The number of benzene rings is 1. The summed E-state index contributed by atoms with van der Waals surface area (Å²) in [6, 6.07) is 14.9. The first-order valence-electron chi connectivity index (χ1n) is 12.5. The first-order valence-corrected chi connectivity index (χ1v) is 12.5. The summed E-state index contributed by atoms with van der Waals surface area (Å²) in [6.45, 7) is 3.20. The molecule has 6 aromatic rings. The molecule has 182 valence electrons. The van der Waals surface area contributed by atoms with Crippen LogP contribution in [0.3, 0.4) is 0 Å². The normalized spacial score (nSPS) is 14.2. The molecule has 0 unspecified atom stereocenters. The molecule has 7 nitrogen and oxygen atoms in total. The molecule has 37 heavy (non-hydrogen) atoms. The summed E-state index contributed by atoms with van der Waals surface area (Å²) in [7, 11) is 0. The first kappa shape index (κ1) is 21.8. The SMILES string of the molecule is Fc1ccccc1-c1cncc2[nH]c(-c3n[nH]c4ccc(-c5cncc(CN6CCCC6)c5)nc34)cc12. The van der Waals surface area contributed by atoms with E-state index in [-0.39, 0.29) is 5.82 Å². The highest BCUT2D eigenvalue weighted by molar-refractivity contribution is 6.00. The number of hydrogen-bond acceptors (Lipinski definition) is 5. The number of likely N-dealkylation sites (tertiary alicyclic amines) is 1. The van der Waals surface area contributed by atoms with Crippen LogP contribution in [0.1, 0.15) is 18.4 Å². The van der Waals surface area contributed by atoms with Crippen LogP contribution in [-0.2, 0) is 6.54 Å². The predicted molar refractivity (Wildman–Crippen MR) is 142 cm³/mol. The van der Waals surface area contributed by atoms with Gasteiger partial charge in [-0.2, -0.15) is 5.10 Å². The number of halogens is 1. The minimum absolute atomic E-state index is 0.281. The lowest BCUT2D eigenvalue weighted by atomic mass is 10.0. The van der Waals surface area contributed by atoms with Crippen LogP contribution < -0.4 is 0 Å². The fraction of sp³-hybridized carbons (Fsp3) is 0.172. The molecule has 1 fully saturated rings. The lowest BCUT2D eigenvalue weighted by Crippen LogP contribution is -2.18. The highest BCUT2D eigenvalue weighted by atomic mass is 19.1. The van der Waals surface area contributed by atoms with Crippen molar-refractivity contribution in [3.8, 4) is 33.8 Å². The Morgan fingerprint density at radius 3 is 2.62 bits per heavy atom. The number of rotatable bonds is 5. The summed E-state index contributed by atoms with van der Waals surface area (Å²) in [5.74, 6) is -0.281. The molecule has 0 bridgehead atoms. The number of aromatic amines is 2. The highest BCUT2D eigenvalue weighted by Crippen LogP contribution is 2.34. The topological polar surface area (TPSA) is 86.4 Å². The van der Waals surface area contributed by atoms with Gasteiger partial charge in [-0.05, 0) is 61.8 Å². The Labute approximate surface area is 212 Å². The van der Waals surface area contributed by atoms with Gasteiger partial charge in [0, 0.05) is 47.2 Å². The number of fused-ring (bicyclic) bond motifs is 2. The molecule has 5 aromatic heterocycles. The fourth-order valence-corrected chi connectivity index (χ4v) is 5.23. The lowest BCUT2D eigenvalue weighted by molar-refractivity contribution is 0.331. The van der Waals surface area contributed by atoms with Crippen molar-refractivity contribution in [2.24, 2.45) is 0 Å². The molecule has 7 rings (SSSR count). The lowest BCUT2D eigenvalue weighted by Gasteiger charge is -2.14. The van der Waals surface area contributed by atoms with Crippen LogP contribution in [0.15, 0.2) is 73.3 Å². The van der Waals surface area contributed by atoms with Gasteiger partial charge in [-0.3, -0.25) is 20.0 Å². The van der Waals surface area contributed by atoms with Gasteiger partial charge in [0.15, 0.2) is 0 Å². The third-order valence-electron chi connectivity index (χ3n) is 7.07. The van der Waals surface area contributed by atoms with Gasteiger partial charge in [-0.25, -0.2) is 9.37 Å². The maximum absolute atomic E-state index is 14.6. The number of nitrogens with one attached hydrogen (secondary N) is 2. The molecule has 1 aromatic carbocycles. The number of H-pyrrole nitrogens is 2. The second kappa shape index (κ2) is 8.90. The average Bonchev–Trinajstić information content (AvgIpc) is 3.68. The van der Waals surface area contributed by atoms with E-state index in [9.17, 15) is 4.39 Å². The molecular weight excluding hydrogens is 465 g/mol. The third kappa shape index (κ3) is 3.95. The third-order valence-corrected chi connectivity index (χ3v) is 7.07. The summed E-state index contributed by atoms with van der Waals surface area (Å²) in [5.41, 5.74) is 8.15. The van der Waals surface area contributed by atoms with E-state index in [1.54, 1.807) is 24.5 Å². The second-order valence-corrected chi connectivity index (χ2v) is 9.54. The number of hydrogen-bond donors (Lipinski definition) is 2. The molecule has 8 heteroatoms. The Bertz CT molecular complexity index is 1750. The van der Waals surface area contributed by atoms with Crippen LogP contribution in [0.4, 0.5) is 4.39 Å². The van der Waals surface area contributed by atoms with Crippen LogP contribution in [0, 0.1) is 5.82 Å². The number of pyridine rings is 3. The van der Waals surface area contributed by atoms with Crippen molar-refractivity contribution in [1.29, 1.82) is 0 Å². The molecule has 0 atom stereocenters. The Hall–Kier alpha value is -4.43. The van der Waals surface area contributed by atoms with E-state index in [1.807, 2.05) is 36.7 Å². The number of aromatic nitrogens is 6. The summed E-state index contributed by atoms with van der Waals surface area (Å²) < 4.78 is 14.6. The molecule has 0 saturated carbocycles. The molecule has 0 amide bonds. The summed E-state index contributed by atoms with van der Waals surface area (Å²) in [5, 5.41) is 8.54. The van der Waals surface area contributed by atoms with E-state index in [4.69, 9.17) is 4.98 Å². The van der Waals surface area contributed by atoms with Gasteiger partial charge in [-0.15, -0.1) is 0 Å². The van der Waals surface area contributed by atoms with Gasteiger partial charge in [0.05, 0.1) is 28.6 Å². The van der Waals surface area contributed by atoms with Crippen molar-refractivity contribution in [3.05, 3.63) is 84.7 Å². The van der Waals surface area contributed by atoms with Gasteiger partial charge < -0.3 is 4.98 Å². The van der Waals surface area contributed by atoms with Crippen molar-refractivity contribution in [1.82, 2.24) is 35.0 Å². The molecule has 0 radical (unpaired) electrons. The minimum atomic E-state index is -0.281. The minimum Gasteiger partial charge on any atom is -0.352 e. The monoisotopic (exact) mass is 489 g/mol. The largest absolute Gasteiger partial charge is 0.352 e. The van der Waals surface area contributed by atoms with Crippen LogP contribution in [-0.4, -0.2) is 48.1 Å². The van der Waals surface area contributed by atoms with Crippen LogP contribution >= 0.6 is 0 Å². The van der Waals surface area contributed by atoms with Crippen molar-refractivity contribution in [2.75, 3.05) is 13.1 Å². The van der Waals surface area contributed by atoms with Gasteiger partial charge >= 0.3 is 0 Å². The summed E-state index contributed by atoms with van der Waals surface area (Å²) in [4.78, 5) is 19.7. The zero-order valence-corrected chi connectivity index (χ0v) is 20.1. The Morgan fingerprint density at radius 1 is 0.865 bits per heavy atom. The predicted octanol–water partition coefficient (Wildman–Crippen LogP) is 5.97. The maximum Gasteiger partial charge on any atom is 0.135 e. The average molecular weight is 490 g/mol. The summed E-state index contributed by atoms with van der Waals surface area (Å²) in [6.07, 6.45) is 9.76. The quantitative estimate of drug-likeness (QED) is 0.312. The van der Waals surface area contributed by atoms with Gasteiger partial charge in [0.25, 0.3) is 0 Å². The summed E-state index contributed by atoms with van der Waals surface area (Å²) >= 11 is 0. The molecule has 0 spiro atoms. The fourth-order valence-electron chi connectivity index (χ4n) is 5.23. The highest BCUT2D eigenvalue weighted by Gasteiger charge is 2.17. The molecule has 6 heterocycles. The van der Waals surface area contributed by atoms with Gasteiger partial charge in [0.1, 0.15) is 17.0 Å². The van der Waals surface area contributed by atoms with Crippen molar-refractivity contribution in [2.45, 2.75) is 19.4 Å². The van der Waals surface area contributed by atoms with Crippen LogP contribution in [0.5, 0.6) is 0 Å². The molecule has 1 aliphatic heterocycles. The van der Waals surface area contributed by atoms with E-state index in [0.29, 0.717) is 11.3 Å². The van der Waals surface area contributed by atoms with Crippen LogP contribution in [0.25, 0.3) is 55.7 Å². The van der Waals surface area contributed by atoms with E-state index in [0.717, 1.165) is 64.1 Å². The van der Waals surface area contributed by atoms with Gasteiger partial charge in [0.2, 0.25) is 0 Å². The van der Waals surface area contributed by atoms with Crippen LogP contribution in [0.2, 0.25) is 0 Å². The molecule has 1 saturated heterocycles. The van der Waals surface area contributed by atoms with Crippen molar-refractivity contribution in [3.63, 3.8) is 0 Å². The Balaban J connectivity index is 1.29. The molecule has 2 N–H and O–H groups in total. The van der Waals surface area contributed by atoms with E-state index < -0.39 is 0 Å². The van der Waals surface area contributed by atoms with Crippen molar-refractivity contribution >= 4 is 21.9 Å². The Morgan fingerprint density at radius 2 is 1.73 bits per heavy atom. The zero-order chi connectivity index (χ0) is 24.8. The van der Waals surface area contributed by atoms with E-state index in [1.165, 1.54) is 24.5 Å². The molecule has 0 aliphatic carbocycles. The van der Waals surface area contributed by atoms with Crippen molar-refractivity contribution < 1.29 is 4.39 Å². The van der Waals surface area contributed by atoms with E-state index >= 15 is 0 Å².